The van der Waals surface area contributed by atoms with Crippen molar-refractivity contribution in [3.8, 4) is 0 Å². The first-order chi connectivity index (χ1) is 8.40. The summed E-state index contributed by atoms with van der Waals surface area (Å²) >= 11 is 5.41. The Kier molecular flexibility index (Phi) is 4.78. The maximum absolute atomic E-state index is 12.6. The highest BCUT2D eigenvalue weighted by molar-refractivity contribution is 6.29. The summed E-state index contributed by atoms with van der Waals surface area (Å²) in [5.41, 5.74) is -0.660. The molecule has 0 saturated heterocycles. The van der Waals surface area contributed by atoms with Crippen LogP contribution >= 0.6 is 11.6 Å². The fourth-order valence-electron chi connectivity index (χ4n) is 1.40. The van der Waals surface area contributed by atoms with Crippen LogP contribution < -0.4 is 4.90 Å². The minimum atomic E-state index is -4.44. The third-order valence-corrected chi connectivity index (χ3v) is 2.44. The summed E-state index contributed by atoms with van der Waals surface area (Å²) in [6.07, 6.45) is -3.02. The molecule has 1 aromatic carbocycles. The van der Waals surface area contributed by atoms with E-state index in [9.17, 15) is 18.0 Å². The lowest BCUT2D eigenvalue weighted by atomic mass is 10.2. The standard InChI is InChI=1S/C12H11ClF3NO/c1-2-6-17(11(18)8-13)10-5-3-4-9(7-10)12(14,15)16/h2-5,7H,1,6,8H2. The Morgan fingerprint density at radius 1 is 1.44 bits per heavy atom. The molecule has 0 atom stereocenters. The van der Waals surface area contributed by atoms with Crippen LogP contribution in [0.15, 0.2) is 36.9 Å². The van der Waals surface area contributed by atoms with E-state index in [4.69, 9.17) is 11.6 Å². The summed E-state index contributed by atoms with van der Waals surface area (Å²) < 4.78 is 37.7. The normalized spacial score (nSPS) is 11.1. The van der Waals surface area contributed by atoms with Gasteiger partial charge in [-0.3, -0.25) is 4.79 Å². The number of benzene rings is 1. The van der Waals surface area contributed by atoms with Crippen LogP contribution in [0.3, 0.4) is 0 Å². The van der Waals surface area contributed by atoms with Crippen LogP contribution in [-0.2, 0) is 11.0 Å². The molecule has 0 spiro atoms. The summed E-state index contributed by atoms with van der Waals surface area (Å²) in [5.74, 6) is -0.778. The molecule has 1 rings (SSSR count). The van der Waals surface area contributed by atoms with Crippen molar-refractivity contribution in [3.63, 3.8) is 0 Å². The van der Waals surface area contributed by atoms with Crippen molar-refractivity contribution < 1.29 is 18.0 Å². The first-order valence-corrected chi connectivity index (χ1v) is 5.58. The largest absolute Gasteiger partial charge is 0.416 e. The maximum atomic E-state index is 12.6. The van der Waals surface area contributed by atoms with Gasteiger partial charge in [0, 0.05) is 12.2 Å². The average Bonchev–Trinajstić information content (AvgIpc) is 2.34. The lowest BCUT2D eigenvalue weighted by Gasteiger charge is -2.21. The number of anilines is 1. The summed E-state index contributed by atoms with van der Waals surface area (Å²) in [4.78, 5) is 12.7. The molecule has 0 saturated carbocycles. The van der Waals surface area contributed by atoms with Gasteiger partial charge >= 0.3 is 6.18 Å². The van der Waals surface area contributed by atoms with E-state index in [1.807, 2.05) is 0 Å². The number of alkyl halides is 4. The van der Waals surface area contributed by atoms with Crippen molar-refractivity contribution in [1.29, 1.82) is 0 Å². The molecule has 0 aliphatic heterocycles. The van der Waals surface area contributed by atoms with Gasteiger partial charge < -0.3 is 4.90 Å². The van der Waals surface area contributed by atoms with Gasteiger partial charge in [-0.2, -0.15) is 13.2 Å². The lowest BCUT2D eigenvalue weighted by molar-refractivity contribution is -0.137. The van der Waals surface area contributed by atoms with Gasteiger partial charge in [0.2, 0.25) is 5.91 Å². The number of carbonyl (C=O) groups excluding carboxylic acids is 1. The van der Waals surface area contributed by atoms with Crippen LogP contribution in [0, 0.1) is 0 Å². The van der Waals surface area contributed by atoms with Gasteiger partial charge in [0.05, 0.1) is 5.56 Å². The second-order valence-electron chi connectivity index (χ2n) is 3.47. The summed E-state index contributed by atoms with van der Waals surface area (Å²) in [6.45, 7) is 3.56. The number of hydrogen-bond acceptors (Lipinski definition) is 1. The zero-order valence-corrected chi connectivity index (χ0v) is 10.1. The number of rotatable bonds is 4. The number of nitrogens with zero attached hydrogens (tertiary/aromatic N) is 1. The van der Waals surface area contributed by atoms with Crippen LogP contribution in [0.1, 0.15) is 5.56 Å². The molecule has 0 aromatic heterocycles. The molecule has 0 unspecified atom stereocenters. The molecule has 0 aliphatic rings. The van der Waals surface area contributed by atoms with E-state index >= 15 is 0 Å². The van der Waals surface area contributed by atoms with Crippen molar-refractivity contribution in [2.45, 2.75) is 6.18 Å². The van der Waals surface area contributed by atoms with Crippen molar-refractivity contribution in [1.82, 2.24) is 0 Å². The predicted molar refractivity (Wildman–Crippen MR) is 64.7 cm³/mol. The van der Waals surface area contributed by atoms with Crippen molar-refractivity contribution in [3.05, 3.63) is 42.5 Å². The minimum Gasteiger partial charge on any atom is -0.308 e. The van der Waals surface area contributed by atoms with Crippen LogP contribution in [0.4, 0.5) is 18.9 Å². The van der Waals surface area contributed by atoms with Gasteiger partial charge in [0.15, 0.2) is 0 Å². The van der Waals surface area contributed by atoms with Gasteiger partial charge in [-0.25, -0.2) is 0 Å². The van der Waals surface area contributed by atoms with Gasteiger partial charge in [0.25, 0.3) is 0 Å². The Labute approximate surface area is 108 Å². The number of hydrogen-bond donors (Lipinski definition) is 0. The molecule has 98 valence electrons. The Morgan fingerprint density at radius 2 is 2.11 bits per heavy atom. The topological polar surface area (TPSA) is 20.3 Å². The highest BCUT2D eigenvalue weighted by Gasteiger charge is 2.31. The van der Waals surface area contributed by atoms with E-state index in [0.717, 1.165) is 17.0 Å². The second kappa shape index (κ2) is 5.91. The number of carbonyl (C=O) groups is 1. The molecule has 18 heavy (non-hydrogen) atoms. The smallest absolute Gasteiger partial charge is 0.308 e. The molecule has 0 radical (unpaired) electrons. The zero-order valence-electron chi connectivity index (χ0n) is 9.38. The maximum Gasteiger partial charge on any atom is 0.416 e. The predicted octanol–water partition coefficient (Wildman–Crippen LogP) is 3.46. The van der Waals surface area contributed by atoms with E-state index in [1.54, 1.807) is 0 Å². The molecular formula is C12H11ClF3NO. The Morgan fingerprint density at radius 3 is 2.61 bits per heavy atom. The number of halogens is 4. The monoisotopic (exact) mass is 277 g/mol. The van der Waals surface area contributed by atoms with Gasteiger partial charge in [-0.05, 0) is 18.2 Å². The fourth-order valence-corrected chi connectivity index (χ4v) is 1.55. The average molecular weight is 278 g/mol. The third-order valence-electron chi connectivity index (χ3n) is 2.21. The molecular weight excluding hydrogens is 267 g/mol. The van der Waals surface area contributed by atoms with Gasteiger partial charge in [-0.15, -0.1) is 18.2 Å². The zero-order chi connectivity index (χ0) is 13.8. The van der Waals surface area contributed by atoms with Crippen LogP contribution in [0.5, 0.6) is 0 Å². The van der Waals surface area contributed by atoms with Gasteiger partial charge in [0.1, 0.15) is 5.88 Å². The first-order valence-electron chi connectivity index (χ1n) is 5.04. The molecule has 1 amide bonds. The molecule has 0 aliphatic carbocycles. The molecule has 1 aromatic rings. The Hall–Kier alpha value is -1.49. The van der Waals surface area contributed by atoms with E-state index in [2.05, 4.69) is 6.58 Å². The Bertz CT molecular complexity index is 445. The summed E-state index contributed by atoms with van der Waals surface area (Å²) in [7, 11) is 0. The molecule has 0 bridgehead atoms. The lowest BCUT2D eigenvalue weighted by Crippen LogP contribution is -2.32. The molecule has 2 nitrogen and oxygen atoms in total. The third kappa shape index (κ3) is 3.50. The quantitative estimate of drug-likeness (QED) is 0.610. The fraction of sp³-hybridized carbons (Fsp3) is 0.250. The van der Waals surface area contributed by atoms with E-state index in [-0.39, 0.29) is 18.1 Å². The van der Waals surface area contributed by atoms with Crippen LogP contribution in [-0.4, -0.2) is 18.3 Å². The minimum absolute atomic E-state index is 0.104. The molecule has 6 heteroatoms. The van der Waals surface area contributed by atoms with E-state index in [1.165, 1.54) is 18.2 Å². The molecule has 0 heterocycles. The van der Waals surface area contributed by atoms with Crippen molar-refractivity contribution >= 4 is 23.2 Å². The van der Waals surface area contributed by atoms with E-state index < -0.39 is 17.6 Å². The summed E-state index contributed by atoms with van der Waals surface area (Å²) in [5, 5.41) is 0. The van der Waals surface area contributed by atoms with Crippen LogP contribution in [0.25, 0.3) is 0 Å². The Balaban J connectivity index is 3.13. The highest BCUT2D eigenvalue weighted by atomic mass is 35.5. The molecule has 0 N–H and O–H groups in total. The second-order valence-corrected chi connectivity index (χ2v) is 3.74. The SMILES string of the molecule is C=CCN(C(=O)CCl)c1cccc(C(F)(F)F)c1. The summed E-state index contributed by atoms with van der Waals surface area (Å²) in [6, 6.07) is 4.52. The van der Waals surface area contributed by atoms with Crippen molar-refractivity contribution in [2.75, 3.05) is 17.3 Å². The molecule has 0 fully saturated rings. The van der Waals surface area contributed by atoms with E-state index in [0.29, 0.717) is 0 Å². The van der Waals surface area contributed by atoms with Crippen molar-refractivity contribution in [2.24, 2.45) is 0 Å². The van der Waals surface area contributed by atoms with Gasteiger partial charge in [-0.1, -0.05) is 12.1 Å². The van der Waals surface area contributed by atoms with Crippen LogP contribution in [0.2, 0.25) is 0 Å². The highest BCUT2D eigenvalue weighted by Crippen LogP contribution is 2.31. The first kappa shape index (κ1) is 14.6. The number of amides is 1.